The number of H-pyrrole nitrogens is 1. The molecule has 11 heteroatoms. The SMILES string of the molecule is CCCCn1c(N)c(N(C)C(=O)CCc2nc(-c3ccc(Cl)cc3)no2)c(=O)[nH]c1=O. The van der Waals surface area contributed by atoms with Gasteiger partial charge in [-0.15, -0.1) is 0 Å². The molecular weight excluding hydrogens is 424 g/mol. The first-order valence-electron chi connectivity index (χ1n) is 9.79. The van der Waals surface area contributed by atoms with E-state index < -0.39 is 11.2 Å². The maximum atomic E-state index is 12.7. The highest BCUT2D eigenvalue weighted by Crippen LogP contribution is 2.20. The van der Waals surface area contributed by atoms with Crippen molar-refractivity contribution in [3.63, 3.8) is 0 Å². The Kier molecular flexibility index (Phi) is 6.91. The fraction of sp³-hybridized carbons (Fsp3) is 0.350. The van der Waals surface area contributed by atoms with E-state index in [1.165, 1.54) is 11.6 Å². The molecule has 3 N–H and O–H groups in total. The van der Waals surface area contributed by atoms with E-state index in [2.05, 4.69) is 15.1 Å². The molecule has 10 nitrogen and oxygen atoms in total. The third kappa shape index (κ3) is 5.02. The smallest absolute Gasteiger partial charge is 0.330 e. The van der Waals surface area contributed by atoms with Gasteiger partial charge in [0.15, 0.2) is 5.69 Å². The number of unbranched alkanes of at least 4 members (excludes halogenated alkanes) is 1. The van der Waals surface area contributed by atoms with Gasteiger partial charge in [0.2, 0.25) is 17.6 Å². The van der Waals surface area contributed by atoms with Gasteiger partial charge < -0.3 is 15.2 Å². The number of nitrogens with one attached hydrogen (secondary N) is 1. The van der Waals surface area contributed by atoms with Crippen LogP contribution in [0.2, 0.25) is 5.02 Å². The van der Waals surface area contributed by atoms with Crippen molar-refractivity contribution in [2.45, 2.75) is 39.2 Å². The van der Waals surface area contributed by atoms with Crippen molar-refractivity contribution < 1.29 is 9.32 Å². The largest absolute Gasteiger partial charge is 0.383 e. The predicted molar refractivity (Wildman–Crippen MR) is 117 cm³/mol. The molecule has 3 aromatic rings. The van der Waals surface area contributed by atoms with Gasteiger partial charge in [-0.25, -0.2) is 4.79 Å². The molecule has 1 aromatic carbocycles. The van der Waals surface area contributed by atoms with Crippen molar-refractivity contribution in [2.75, 3.05) is 17.7 Å². The summed E-state index contributed by atoms with van der Waals surface area (Å²) < 4.78 is 6.47. The number of hydrogen-bond donors (Lipinski definition) is 2. The predicted octanol–water partition coefficient (Wildman–Crippen LogP) is 2.22. The highest BCUT2D eigenvalue weighted by atomic mass is 35.5. The molecule has 0 radical (unpaired) electrons. The molecule has 0 aliphatic heterocycles. The van der Waals surface area contributed by atoms with Crippen LogP contribution in [0.4, 0.5) is 11.5 Å². The second-order valence-corrected chi connectivity index (χ2v) is 7.41. The Labute approximate surface area is 182 Å². The second kappa shape index (κ2) is 9.61. The summed E-state index contributed by atoms with van der Waals surface area (Å²) in [5.74, 6) is 0.239. The standard InChI is InChI=1S/C20H23ClN6O4/c1-3-4-11-27-17(22)16(19(29)24-20(27)30)26(2)15(28)10-9-14-23-18(25-31-14)12-5-7-13(21)8-6-12/h5-8H,3-4,9-11,22H2,1-2H3,(H,24,29,30). The number of anilines is 2. The van der Waals surface area contributed by atoms with Crippen LogP contribution < -0.4 is 21.9 Å². The zero-order valence-corrected chi connectivity index (χ0v) is 18.0. The van der Waals surface area contributed by atoms with Crippen LogP contribution in [0.5, 0.6) is 0 Å². The Hall–Kier alpha value is -3.40. The van der Waals surface area contributed by atoms with Crippen molar-refractivity contribution in [1.82, 2.24) is 19.7 Å². The van der Waals surface area contributed by atoms with Gasteiger partial charge in [0.25, 0.3) is 5.56 Å². The zero-order chi connectivity index (χ0) is 22.5. The first kappa shape index (κ1) is 22.3. The lowest BCUT2D eigenvalue weighted by atomic mass is 10.2. The number of rotatable bonds is 8. The Morgan fingerprint density at radius 1 is 1.29 bits per heavy atom. The number of carbonyl (C=O) groups excluding carboxylic acids is 1. The Morgan fingerprint density at radius 2 is 2.00 bits per heavy atom. The number of nitrogen functional groups attached to an aromatic ring is 1. The van der Waals surface area contributed by atoms with Crippen LogP contribution in [0.1, 0.15) is 32.1 Å². The maximum Gasteiger partial charge on any atom is 0.330 e. The number of carbonyl (C=O) groups is 1. The van der Waals surface area contributed by atoms with Crippen LogP contribution in [0.15, 0.2) is 38.4 Å². The number of nitrogens with zero attached hydrogens (tertiary/aromatic N) is 4. The third-order valence-corrected chi connectivity index (χ3v) is 5.03. The number of nitrogens with two attached hydrogens (primary N) is 1. The minimum Gasteiger partial charge on any atom is -0.383 e. The number of aromatic amines is 1. The summed E-state index contributed by atoms with van der Waals surface area (Å²) in [6.07, 6.45) is 1.74. The second-order valence-electron chi connectivity index (χ2n) is 6.97. The summed E-state index contributed by atoms with van der Waals surface area (Å²) in [5, 5.41) is 4.50. The Bertz CT molecular complexity index is 1180. The van der Waals surface area contributed by atoms with Crippen molar-refractivity contribution in [3.05, 3.63) is 56.0 Å². The van der Waals surface area contributed by atoms with Gasteiger partial charge >= 0.3 is 5.69 Å². The molecular formula is C20H23ClN6O4. The number of amides is 1. The highest BCUT2D eigenvalue weighted by Gasteiger charge is 2.21. The summed E-state index contributed by atoms with van der Waals surface area (Å²) in [5.41, 5.74) is 5.41. The Morgan fingerprint density at radius 3 is 2.68 bits per heavy atom. The van der Waals surface area contributed by atoms with Crippen LogP contribution >= 0.6 is 11.6 Å². The van der Waals surface area contributed by atoms with Crippen LogP contribution in [0, 0.1) is 0 Å². The molecule has 1 amide bonds. The Balaban J connectivity index is 1.72. The summed E-state index contributed by atoms with van der Waals surface area (Å²) in [4.78, 5) is 44.7. The molecule has 0 saturated heterocycles. The zero-order valence-electron chi connectivity index (χ0n) is 17.2. The third-order valence-electron chi connectivity index (χ3n) is 4.78. The average molecular weight is 447 g/mol. The lowest BCUT2D eigenvalue weighted by Gasteiger charge is -2.20. The van der Waals surface area contributed by atoms with E-state index in [0.717, 1.165) is 16.9 Å². The van der Waals surface area contributed by atoms with Crippen molar-refractivity contribution >= 4 is 29.0 Å². The first-order valence-corrected chi connectivity index (χ1v) is 10.2. The van der Waals surface area contributed by atoms with Gasteiger partial charge in [0.1, 0.15) is 5.82 Å². The van der Waals surface area contributed by atoms with E-state index in [-0.39, 0.29) is 36.1 Å². The lowest BCUT2D eigenvalue weighted by Crippen LogP contribution is -2.39. The highest BCUT2D eigenvalue weighted by molar-refractivity contribution is 6.30. The van der Waals surface area contributed by atoms with Gasteiger partial charge in [0.05, 0.1) is 0 Å². The summed E-state index contributed by atoms with van der Waals surface area (Å²) >= 11 is 5.88. The van der Waals surface area contributed by atoms with E-state index in [4.69, 9.17) is 21.9 Å². The van der Waals surface area contributed by atoms with Crippen molar-refractivity contribution in [1.29, 1.82) is 0 Å². The van der Waals surface area contributed by atoms with E-state index in [9.17, 15) is 14.4 Å². The molecule has 0 aliphatic carbocycles. The van der Waals surface area contributed by atoms with Gasteiger partial charge in [-0.05, 0) is 30.7 Å². The van der Waals surface area contributed by atoms with Gasteiger partial charge in [-0.2, -0.15) is 4.98 Å². The molecule has 0 unspecified atom stereocenters. The lowest BCUT2D eigenvalue weighted by molar-refractivity contribution is -0.118. The van der Waals surface area contributed by atoms with Crippen molar-refractivity contribution in [3.8, 4) is 11.4 Å². The number of aryl methyl sites for hydroxylation is 1. The van der Waals surface area contributed by atoms with Gasteiger partial charge in [-0.3, -0.25) is 19.1 Å². The molecule has 0 spiro atoms. The molecule has 0 saturated carbocycles. The summed E-state index contributed by atoms with van der Waals surface area (Å²) in [6, 6.07) is 6.96. The van der Waals surface area contributed by atoms with Gasteiger partial charge in [0, 0.05) is 37.0 Å². The number of halogens is 1. The van der Waals surface area contributed by atoms with E-state index in [1.54, 1.807) is 24.3 Å². The minimum atomic E-state index is -0.714. The maximum absolute atomic E-state index is 12.7. The molecule has 2 heterocycles. The van der Waals surface area contributed by atoms with E-state index in [1.807, 2.05) is 6.92 Å². The van der Waals surface area contributed by atoms with E-state index >= 15 is 0 Å². The molecule has 0 aliphatic rings. The normalized spacial score (nSPS) is 10.9. The fourth-order valence-electron chi connectivity index (χ4n) is 3.02. The molecule has 164 valence electrons. The summed E-state index contributed by atoms with van der Waals surface area (Å²) in [7, 11) is 1.44. The monoisotopic (exact) mass is 446 g/mol. The number of hydrogen-bond acceptors (Lipinski definition) is 7. The van der Waals surface area contributed by atoms with Crippen LogP contribution in [0.25, 0.3) is 11.4 Å². The molecule has 0 fully saturated rings. The number of aromatic nitrogens is 4. The molecule has 3 rings (SSSR count). The van der Waals surface area contributed by atoms with E-state index in [0.29, 0.717) is 23.8 Å². The topological polar surface area (TPSA) is 140 Å². The number of benzene rings is 1. The molecule has 31 heavy (non-hydrogen) atoms. The average Bonchev–Trinajstić information content (AvgIpc) is 3.21. The van der Waals surface area contributed by atoms with Crippen LogP contribution in [0.3, 0.4) is 0 Å². The quantitative estimate of drug-likeness (QED) is 0.540. The van der Waals surface area contributed by atoms with Crippen molar-refractivity contribution in [2.24, 2.45) is 0 Å². The molecule has 2 aromatic heterocycles. The molecule has 0 bridgehead atoms. The summed E-state index contributed by atoms with van der Waals surface area (Å²) in [6.45, 7) is 2.32. The minimum absolute atomic E-state index is 0.00567. The van der Waals surface area contributed by atoms with Crippen LogP contribution in [-0.4, -0.2) is 32.6 Å². The fourth-order valence-corrected chi connectivity index (χ4v) is 3.14. The van der Waals surface area contributed by atoms with Crippen LogP contribution in [-0.2, 0) is 17.8 Å². The van der Waals surface area contributed by atoms with Gasteiger partial charge in [-0.1, -0.05) is 30.1 Å². The first-order chi connectivity index (χ1) is 14.8. The molecule has 0 atom stereocenters.